The molecule has 0 spiro atoms. The molecule has 0 fully saturated rings. The van der Waals surface area contributed by atoms with Crippen LogP contribution in [-0.2, 0) is 32.7 Å². The van der Waals surface area contributed by atoms with Crippen molar-refractivity contribution in [2.45, 2.75) is 6.17 Å². The number of nitrogens with zero attached hydrogens (tertiary/aromatic N) is 2. The van der Waals surface area contributed by atoms with Crippen LogP contribution in [0, 0.1) is 20.4 Å². The second-order valence-electron chi connectivity index (χ2n) is 1.59. The molecule has 0 saturated carbocycles. The fraction of sp³-hybridized carbons (Fsp3) is 0.500. The molecule has 0 aromatic carbocycles. The first-order chi connectivity index (χ1) is 3.72. The van der Waals surface area contributed by atoms with E-state index >= 15 is 0 Å². The molecule has 1 unspecified atom stereocenters. The van der Waals surface area contributed by atoms with Gasteiger partial charge in [-0.2, -0.15) is 0 Å². The smallest absolute Gasteiger partial charge is 0.160 e. The van der Waals surface area contributed by atoms with Crippen LogP contribution in [0.1, 0.15) is 0 Å². The van der Waals surface area contributed by atoms with E-state index in [2.05, 4.69) is 18.7 Å². The number of hydrogen-bond donors (Lipinski definition) is 0. The summed E-state index contributed by atoms with van der Waals surface area (Å²) in [5, 5.41) is 0. The average molecular weight is 199 g/mol. The van der Waals surface area contributed by atoms with E-state index in [1.807, 2.05) is 7.05 Å². The van der Waals surface area contributed by atoms with Crippen LogP contribution in [0.3, 0.4) is 0 Å². The number of hydrogen-bond acceptors (Lipinski definition) is 1. The molecule has 9 heavy (non-hydrogen) atoms. The second-order valence-corrected chi connectivity index (χ2v) is 1.59. The third-order valence-electron chi connectivity index (χ3n) is 1.01. The Bertz CT molecular complexity index is 97.7. The Hall–Kier alpha value is 0.554. The SMILES string of the molecule is [C-]#[N+]C([CH2-])N(C)C[CH2-].[Y]. The fourth-order valence-corrected chi connectivity index (χ4v) is 0.248. The summed E-state index contributed by atoms with van der Waals surface area (Å²) in [7, 11) is 1.82. The molecule has 0 saturated heterocycles. The largest absolute Gasteiger partial charge is 0.332 e. The first-order valence-corrected chi connectivity index (χ1v) is 2.41. The summed E-state index contributed by atoms with van der Waals surface area (Å²) in [6.07, 6.45) is -0.271. The third-order valence-corrected chi connectivity index (χ3v) is 1.01. The van der Waals surface area contributed by atoms with Crippen LogP contribution in [0.15, 0.2) is 0 Å². The Morgan fingerprint density at radius 2 is 2.22 bits per heavy atom. The predicted octanol–water partition coefficient (Wildman–Crippen LogP) is 0.829. The summed E-state index contributed by atoms with van der Waals surface area (Å²) in [5.74, 6) is 0. The normalized spacial score (nSPS) is 11.9. The maximum atomic E-state index is 6.54. The van der Waals surface area contributed by atoms with E-state index in [1.54, 1.807) is 4.90 Å². The Labute approximate surface area is 82.3 Å². The minimum absolute atomic E-state index is 0. The zero-order chi connectivity index (χ0) is 6.57. The Morgan fingerprint density at radius 1 is 1.78 bits per heavy atom. The van der Waals surface area contributed by atoms with E-state index in [0.29, 0.717) is 6.54 Å². The minimum atomic E-state index is -0.271. The Kier molecular flexibility index (Phi) is 9.08. The van der Waals surface area contributed by atoms with Gasteiger partial charge in [0.05, 0.1) is 0 Å². The van der Waals surface area contributed by atoms with Crippen LogP contribution in [0.4, 0.5) is 0 Å². The first kappa shape index (κ1) is 12.3. The van der Waals surface area contributed by atoms with Crippen molar-refractivity contribution in [1.29, 1.82) is 0 Å². The van der Waals surface area contributed by atoms with Crippen LogP contribution in [-0.4, -0.2) is 24.7 Å². The summed E-state index contributed by atoms with van der Waals surface area (Å²) in [6.45, 7) is 14.3. The van der Waals surface area contributed by atoms with Crippen molar-refractivity contribution in [3.8, 4) is 0 Å². The topological polar surface area (TPSA) is 7.60 Å². The van der Waals surface area contributed by atoms with Gasteiger partial charge in [0.15, 0.2) is 6.17 Å². The molecular formula is C6H10N2Y-2. The Morgan fingerprint density at radius 3 is 2.33 bits per heavy atom. The summed E-state index contributed by atoms with van der Waals surface area (Å²) in [6, 6.07) is 0. The van der Waals surface area contributed by atoms with Crippen molar-refractivity contribution in [2.75, 3.05) is 13.6 Å². The van der Waals surface area contributed by atoms with Crippen molar-refractivity contribution in [3.63, 3.8) is 0 Å². The molecular weight excluding hydrogens is 189 g/mol. The molecule has 0 aliphatic carbocycles. The van der Waals surface area contributed by atoms with Gasteiger partial charge in [0.2, 0.25) is 0 Å². The molecule has 0 aliphatic heterocycles. The summed E-state index contributed by atoms with van der Waals surface area (Å²) < 4.78 is 0. The molecule has 49 valence electrons. The minimum Gasteiger partial charge on any atom is -0.332 e. The average Bonchev–Trinajstić information content (AvgIpc) is 1.84. The maximum absolute atomic E-state index is 6.54. The van der Waals surface area contributed by atoms with E-state index in [1.165, 1.54) is 0 Å². The van der Waals surface area contributed by atoms with Gasteiger partial charge in [-0.3, -0.25) is 4.90 Å². The van der Waals surface area contributed by atoms with Crippen molar-refractivity contribution in [3.05, 3.63) is 25.3 Å². The fourth-order valence-electron chi connectivity index (χ4n) is 0.248. The molecule has 0 amide bonds. The van der Waals surface area contributed by atoms with Gasteiger partial charge in [-0.1, -0.05) is 0 Å². The van der Waals surface area contributed by atoms with Gasteiger partial charge in [0.25, 0.3) is 0 Å². The van der Waals surface area contributed by atoms with Crippen LogP contribution in [0.2, 0.25) is 0 Å². The molecule has 1 radical (unpaired) electrons. The molecule has 0 aliphatic rings. The molecule has 0 heterocycles. The summed E-state index contributed by atoms with van der Waals surface area (Å²) in [4.78, 5) is 4.95. The van der Waals surface area contributed by atoms with Crippen molar-refractivity contribution in [2.24, 2.45) is 0 Å². The number of rotatable bonds is 2. The van der Waals surface area contributed by atoms with Crippen LogP contribution < -0.4 is 0 Å². The van der Waals surface area contributed by atoms with Gasteiger partial charge in [0.1, 0.15) is 0 Å². The molecule has 0 bridgehead atoms. The van der Waals surface area contributed by atoms with Crippen molar-refractivity contribution < 1.29 is 32.7 Å². The van der Waals surface area contributed by atoms with Crippen LogP contribution >= 0.6 is 0 Å². The summed E-state index contributed by atoms with van der Waals surface area (Å²) >= 11 is 0. The van der Waals surface area contributed by atoms with Gasteiger partial charge < -0.3 is 11.8 Å². The molecule has 1 atom stereocenters. The van der Waals surface area contributed by atoms with Crippen LogP contribution in [0.5, 0.6) is 0 Å². The van der Waals surface area contributed by atoms with Gasteiger partial charge in [0, 0.05) is 32.7 Å². The van der Waals surface area contributed by atoms with Gasteiger partial charge in [-0.05, 0) is 7.05 Å². The standard InChI is InChI=1S/C6H10N2.Y/c1-5-8(4)6(2)7-3;/h6H,1-2,5H2,4H3;/q-2;. The summed E-state index contributed by atoms with van der Waals surface area (Å²) in [5.41, 5.74) is 0. The van der Waals surface area contributed by atoms with Gasteiger partial charge in [-0.15, -0.1) is 6.54 Å². The molecule has 0 aromatic rings. The van der Waals surface area contributed by atoms with Crippen LogP contribution in [0.25, 0.3) is 4.85 Å². The van der Waals surface area contributed by atoms with Gasteiger partial charge >= 0.3 is 0 Å². The van der Waals surface area contributed by atoms with Gasteiger partial charge in [-0.25, -0.2) is 13.5 Å². The van der Waals surface area contributed by atoms with E-state index < -0.39 is 0 Å². The van der Waals surface area contributed by atoms with E-state index in [9.17, 15) is 0 Å². The molecule has 0 N–H and O–H groups in total. The monoisotopic (exact) mass is 199 g/mol. The second kappa shape index (κ2) is 6.67. The van der Waals surface area contributed by atoms with E-state index in [4.69, 9.17) is 6.57 Å². The predicted molar refractivity (Wildman–Crippen MR) is 33.7 cm³/mol. The first-order valence-electron chi connectivity index (χ1n) is 2.41. The Balaban J connectivity index is 0. The van der Waals surface area contributed by atoms with Crippen molar-refractivity contribution >= 4 is 0 Å². The van der Waals surface area contributed by atoms with E-state index in [0.717, 1.165) is 0 Å². The van der Waals surface area contributed by atoms with E-state index in [-0.39, 0.29) is 38.9 Å². The maximum Gasteiger partial charge on any atom is 0.160 e. The van der Waals surface area contributed by atoms with Crippen molar-refractivity contribution in [1.82, 2.24) is 4.90 Å². The zero-order valence-corrected chi connectivity index (χ0v) is 8.51. The molecule has 2 nitrogen and oxygen atoms in total. The third kappa shape index (κ3) is 5.02. The molecule has 3 heteroatoms. The molecule has 0 aromatic heterocycles. The molecule has 0 rings (SSSR count). The quantitative estimate of drug-likeness (QED) is 0.597. The zero-order valence-electron chi connectivity index (χ0n) is 5.67.